The van der Waals surface area contributed by atoms with Crippen LogP contribution in [-0.2, 0) is 16.6 Å². The van der Waals surface area contributed by atoms with Crippen LogP contribution in [0.4, 0.5) is 0 Å². The number of aryl methyl sites for hydroxylation is 2. The van der Waals surface area contributed by atoms with E-state index < -0.39 is 16.1 Å². The van der Waals surface area contributed by atoms with Crippen molar-refractivity contribution in [1.82, 2.24) is 8.87 Å². The second-order valence-corrected chi connectivity index (χ2v) is 7.86. The van der Waals surface area contributed by atoms with Crippen LogP contribution in [0.3, 0.4) is 0 Å². The van der Waals surface area contributed by atoms with Crippen molar-refractivity contribution in [3.05, 3.63) is 47.3 Å². The van der Waals surface area contributed by atoms with E-state index in [1.807, 2.05) is 22.9 Å². The molecule has 0 amide bonds. The van der Waals surface area contributed by atoms with Crippen molar-refractivity contribution in [2.45, 2.75) is 31.3 Å². The number of hydrogen-bond acceptors (Lipinski definition) is 4. The van der Waals surface area contributed by atoms with Crippen LogP contribution in [0.15, 0.2) is 35.4 Å². The topological polar surface area (TPSA) is 71.8 Å². The highest BCUT2D eigenvalue weighted by Crippen LogP contribution is 2.34. The molecule has 130 valence electrons. The summed E-state index contributed by atoms with van der Waals surface area (Å²) >= 11 is 0. The van der Waals surface area contributed by atoms with Gasteiger partial charge in [-0.05, 0) is 49.2 Å². The normalized spacial score (nSPS) is 18.4. The molecule has 2 heterocycles. The third-order valence-electron chi connectivity index (χ3n) is 4.52. The Morgan fingerprint density at radius 2 is 1.92 bits per heavy atom. The minimum absolute atomic E-state index is 0.252. The molecule has 1 aromatic carbocycles. The Morgan fingerprint density at radius 1 is 1.25 bits per heavy atom. The minimum atomic E-state index is -3.73. The Morgan fingerprint density at radius 3 is 2.50 bits per heavy atom. The summed E-state index contributed by atoms with van der Waals surface area (Å²) in [4.78, 5) is 0.293. The summed E-state index contributed by atoms with van der Waals surface area (Å²) in [6, 6.07) is 6.61. The molecule has 1 aliphatic rings. The first kappa shape index (κ1) is 17.0. The zero-order valence-corrected chi connectivity index (χ0v) is 14.9. The Labute approximate surface area is 142 Å². The molecule has 1 aromatic heterocycles. The molecule has 3 rings (SSSR count). The van der Waals surface area contributed by atoms with Gasteiger partial charge in [-0.2, -0.15) is 4.31 Å². The lowest BCUT2D eigenvalue weighted by Crippen LogP contribution is -2.43. The van der Waals surface area contributed by atoms with Gasteiger partial charge < -0.3 is 14.4 Å². The molecule has 0 aliphatic carbocycles. The van der Waals surface area contributed by atoms with Gasteiger partial charge in [0.1, 0.15) is 5.75 Å². The van der Waals surface area contributed by atoms with Gasteiger partial charge in [0.15, 0.2) is 0 Å². The molecule has 2 aromatic rings. The maximum absolute atomic E-state index is 13.3. The van der Waals surface area contributed by atoms with Gasteiger partial charge in [0.2, 0.25) is 10.0 Å². The van der Waals surface area contributed by atoms with Crippen molar-refractivity contribution in [1.29, 1.82) is 0 Å². The minimum Gasteiger partial charge on any atom is -0.497 e. The highest BCUT2D eigenvalue weighted by Gasteiger charge is 2.37. The number of aliphatic hydroxyl groups excluding tert-OH is 1. The fourth-order valence-corrected chi connectivity index (χ4v) is 5.47. The molecule has 6 nitrogen and oxygen atoms in total. The summed E-state index contributed by atoms with van der Waals surface area (Å²) < 4.78 is 35.2. The average molecular weight is 350 g/mol. The van der Waals surface area contributed by atoms with Crippen molar-refractivity contribution in [3.63, 3.8) is 0 Å². The van der Waals surface area contributed by atoms with Crippen molar-refractivity contribution in [2.75, 3.05) is 20.3 Å². The SMILES string of the molecule is COc1cc(C)c(S(=O)(=O)N2CCn3cccc3C2CO)c(C)c1. The third kappa shape index (κ3) is 2.62. The van der Waals surface area contributed by atoms with E-state index in [9.17, 15) is 13.5 Å². The lowest BCUT2D eigenvalue weighted by atomic mass is 10.1. The predicted molar refractivity (Wildman–Crippen MR) is 90.6 cm³/mol. The number of aromatic nitrogens is 1. The quantitative estimate of drug-likeness (QED) is 0.913. The first-order chi connectivity index (χ1) is 11.4. The molecular formula is C17H22N2O4S. The first-order valence-electron chi connectivity index (χ1n) is 7.83. The van der Waals surface area contributed by atoms with Gasteiger partial charge in [0.25, 0.3) is 0 Å². The van der Waals surface area contributed by atoms with Gasteiger partial charge in [0, 0.05) is 25.0 Å². The molecule has 1 unspecified atom stereocenters. The van der Waals surface area contributed by atoms with Crippen LogP contribution < -0.4 is 4.74 Å². The van der Waals surface area contributed by atoms with Crippen LogP contribution >= 0.6 is 0 Å². The largest absolute Gasteiger partial charge is 0.497 e. The van der Waals surface area contributed by atoms with Gasteiger partial charge in [0.05, 0.1) is 24.7 Å². The van der Waals surface area contributed by atoms with E-state index in [4.69, 9.17) is 4.74 Å². The van der Waals surface area contributed by atoms with Crippen molar-refractivity contribution >= 4 is 10.0 Å². The summed E-state index contributed by atoms with van der Waals surface area (Å²) in [5.41, 5.74) is 2.10. The van der Waals surface area contributed by atoms with Gasteiger partial charge >= 0.3 is 0 Å². The van der Waals surface area contributed by atoms with Crippen LogP contribution in [-0.4, -0.2) is 42.7 Å². The smallest absolute Gasteiger partial charge is 0.244 e. The fourth-order valence-electron chi connectivity index (χ4n) is 3.47. The maximum atomic E-state index is 13.3. The highest BCUT2D eigenvalue weighted by atomic mass is 32.2. The highest BCUT2D eigenvalue weighted by molar-refractivity contribution is 7.89. The Bertz CT molecular complexity index is 834. The van der Waals surface area contributed by atoms with Crippen LogP contribution in [0.1, 0.15) is 22.9 Å². The van der Waals surface area contributed by atoms with Gasteiger partial charge in [-0.1, -0.05) is 0 Å². The van der Waals surface area contributed by atoms with E-state index in [-0.39, 0.29) is 6.61 Å². The van der Waals surface area contributed by atoms with Crippen LogP contribution in [0.2, 0.25) is 0 Å². The van der Waals surface area contributed by atoms with Gasteiger partial charge in [-0.15, -0.1) is 0 Å². The predicted octanol–water partition coefficient (Wildman–Crippen LogP) is 1.85. The van der Waals surface area contributed by atoms with E-state index in [0.29, 0.717) is 34.9 Å². The van der Waals surface area contributed by atoms with Crippen LogP contribution in [0, 0.1) is 13.8 Å². The average Bonchev–Trinajstić information content (AvgIpc) is 3.01. The molecule has 0 radical (unpaired) electrons. The molecule has 0 saturated carbocycles. The summed E-state index contributed by atoms with van der Waals surface area (Å²) in [5, 5.41) is 9.82. The number of hydrogen-bond donors (Lipinski definition) is 1. The molecule has 0 fully saturated rings. The van der Waals surface area contributed by atoms with E-state index in [2.05, 4.69) is 0 Å². The van der Waals surface area contributed by atoms with Crippen molar-refractivity contribution < 1.29 is 18.3 Å². The summed E-state index contributed by atoms with van der Waals surface area (Å²) in [7, 11) is -2.17. The van der Waals surface area contributed by atoms with E-state index in [1.165, 1.54) is 4.31 Å². The van der Waals surface area contributed by atoms with E-state index in [1.54, 1.807) is 33.1 Å². The molecule has 1 N–H and O–H groups in total. The zero-order chi connectivity index (χ0) is 17.5. The van der Waals surface area contributed by atoms with Crippen molar-refractivity contribution in [2.24, 2.45) is 0 Å². The lowest BCUT2D eigenvalue weighted by molar-refractivity contribution is 0.162. The number of fused-ring (bicyclic) bond motifs is 1. The molecule has 0 saturated heterocycles. The number of ether oxygens (including phenoxy) is 1. The second kappa shape index (κ2) is 6.23. The monoisotopic (exact) mass is 350 g/mol. The Balaban J connectivity index is 2.09. The third-order valence-corrected chi connectivity index (χ3v) is 6.74. The first-order valence-corrected chi connectivity index (χ1v) is 9.27. The summed E-state index contributed by atoms with van der Waals surface area (Å²) in [6.45, 7) is 4.19. The van der Waals surface area contributed by atoms with Gasteiger partial charge in [-0.25, -0.2) is 8.42 Å². The van der Waals surface area contributed by atoms with Crippen LogP contribution in [0.5, 0.6) is 5.75 Å². The number of sulfonamides is 1. The number of methoxy groups -OCH3 is 1. The molecule has 0 bridgehead atoms. The number of nitrogens with zero attached hydrogens (tertiary/aromatic N) is 2. The second-order valence-electron chi connectivity index (χ2n) is 6.03. The Kier molecular flexibility index (Phi) is 4.42. The molecule has 7 heteroatoms. The molecular weight excluding hydrogens is 328 g/mol. The van der Waals surface area contributed by atoms with Gasteiger partial charge in [-0.3, -0.25) is 0 Å². The molecule has 1 atom stereocenters. The van der Waals surface area contributed by atoms with E-state index in [0.717, 1.165) is 5.69 Å². The fraction of sp³-hybridized carbons (Fsp3) is 0.412. The summed E-state index contributed by atoms with van der Waals surface area (Å²) in [6.07, 6.45) is 1.91. The van der Waals surface area contributed by atoms with E-state index >= 15 is 0 Å². The van der Waals surface area contributed by atoms with Crippen LogP contribution in [0.25, 0.3) is 0 Å². The molecule has 0 spiro atoms. The molecule has 1 aliphatic heterocycles. The number of rotatable bonds is 4. The van der Waals surface area contributed by atoms with Crippen molar-refractivity contribution in [3.8, 4) is 5.75 Å². The standard InChI is InChI=1S/C17H22N2O4S/c1-12-9-14(23-3)10-13(2)17(12)24(21,22)19-8-7-18-6-4-5-15(18)16(19)11-20/h4-6,9-10,16,20H,7-8,11H2,1-3H3. The zero-order valence-electron chi connectivity index (χ0n) is 14.1. The summed E-state index contributed by atoms with van der Waals surface area (Å²) in [5.74, 6) is 0.634. The lowest BCUT2D eigenvalue weighted by Gasteiger charge is -2.35. The maximum Gasteiger partial charge on any atom is 0.244 e. The molecule has 24 heavy (non-hydrogen) atoms. The number of benzene rings is 1. The number of aliphatic hydroxyl groups is 1. The Hall–Kier alpha value is -1.83.